The van der Waals surface area contributed by atoms with Crippen LogP contribution in [0.2, 0.25) is 0 Å². The van der Waals surface area contributed by atoms with Gasteiger partial charge in [-0.3, -0.25) is 0 Å². The van der Waals surface area contributed by atoms with Crippen LogP contribution in [-0.4, -0.2) is 11.2 Å². The standard InChI is InChI=1S/C14H8N2O/c15-7-9-10(8-16)12-4-3-11(9)13-5-1-2-6-14(12,13)17-13/h1-6,11-12H. The summed E-state index contributed by atoms with van der Waals surface area (Å²) in [6.07, 6.45) is 12.0. The zero-order valence-electron chi connectivity index (χ0n) is 8.92. The third-order valence-corrected chi connectivity index (χ3v) is 4.28. The van der Waals surface area contributed by atoms with Crippen LogP contribution >= 0.6 is 0 Å². The number of rotatable bonds is 0. The summed E-state index contributed by atoms with van der Waals surface area (Å²) in [6, 6.07) is 4.37. The van der Waals surface area contributed by atoms with Gasteiger partial charge in [-0.2, -0.15) is 10.5 Å². The van der Waals surface area contributed by atoms with E-state index < -0.39 is 11.2 Å². The van der Waals surface area contributed by atoms with Crippen LogP contribution in [0, 0.1) is 34.5 Å². The van der Waals surface area contributed by atoms with Gasteiger partial charge in [0, 0.05) is 11.8 Å². The second kappa shape index (κ2) is 2.42. The number of nitriles is 2. The topological polar surface area (TPSA) is 60.1 Å². The van der Waals surface area contributed by atoms with Gasteiger partial charge in [-0.1, -0.05) is 24.3 Å². The fourth-order valence-corrected chi connectivity index (χ4v) is 3.52. The summed E-state index contributed by atoms with van der Waals surface area (Å²) in [5.74, 6) is -0.207. The third-order valence-electron chi connectivity index (χ3n) is 4.28. The highest BCUT2D eigenvalue weighted by molar-refractivity contribution is 5.63. The van der Waals surface area contributed by atoms with E-state index in [4.69, 9.17) is 4.74 Å². The van der Waals surface area contributed by atoms with E-state index in [1.165, 1.54) is 0 Å². The summed E-state index contributed by atoms with van der Waals surface area (Å²) in [5, 5.41) is 18.5. The first-order valence-corrected chi connectivity index (χ1v) is 5.59. The molecule has 80 valence electrons. The van der Waals surface area contributed by atoms with Crippen molar-refractivity contribution < 1.29 is 4.74 Å². The van der Waals surface area contributed by atoms with Crippen molar-refractivity contribution in [2.75, 3.05) is 0 Å². The normalized spacial score (nSPS) is 47.2. The van der Waals surface area contributed by atoms with Crippen LogP contribution in [0.25, 0.3) is 0 Å². The molecule has 1 heterocycles. The molecule has 0 aromatic carbocycles. The van der Waals surface area contributed by atoms with Gasteiger partial charge >= 0.3 is 0 Å². The number of allylic oxidation sites excluding steroid dienone is 2. The Hall–Kier alpha value is -2.10. The molecule has 0 saturated carbocycles. The van der Waals surface area contributed by atoms with Gasteiger partial charge in [-0.05, 0) is 12.2 Å². The summed E-state index contributed by atoms with van der Waals surface area (Å²) in [6.45, 7) is 0. The summed E-state index contributed by atoms with van der Waals surface area (Å²) in [7, 11) is 0. The van der Waals surface area contributed by atoms with Crippen LogP contribution in [0.3, 0.4) is 0 Å². The Kier molecular flexibility index (Phi) is 1.28. The lowest BCUT2D eigenvalue weighted by atomic mass is 9.59. The molecule has 0 radical (unpaired) electrons. The molecule has 0 amide bonds. The van der Waals surface area contributed by atoms with Crippen LogP contribution in [0.4, 0.5) is 0 Å². The van der Waals surface area contributed by atoms with Gasteiger partial charge in [0.05, 0.1) is 23.3 Å². The van der Waals surface area contributed by atoms with E-state index in [1.54, 1.807) is 0 Å². The summed E-state index contributed by atoms with van der Waals surface area (Å²) >= 11 is 0. The quantitative estimate of drug-likeness (QED) is 0.461. The summed E-state index contributed by atoms with van der Waals surface area (Å²) in [4.78, 5) is 0. The molecule has 2 bridgehead atoms. The molecule has 0 spiro atoms. The molecule has 4 atom stereocenters. The molecule has 3 heteroatoms. The number of hydrogen-bond donors (Lipinski definition) is 0. The maximum Gasteiger partial charge on any atom is 0.132 e. The first-order chi connectivity index (χ1) is 8.29. The molecule has 1 aliphatic heterocycles. The predicted molar refractivity (Wildman–Crippen MR) is 59.2 cm³/mol. The fourth-order valence-electron chi connectivity index (χ4n) is 3.52. The minimum absolute atomic E-state index is 0.103. The Labute approximate surface area is 98.6 Å². The molecule has 3 nitrogen and oxygen atoms in total. The van der Waals surface area contributed by atoms with Crippen LogP contribution in [0.1, 0.15) is 0 Å². The maximum absolute atomic E-state index is 9.25. The van der Waals surface area contributed by atoms with Crippen molar-refractivity contribution in [3.05, 3.63) is 47.6 Å². The number of hydrogen-bond acceptors (Lipinski definition) is 3. The predicted octanol–water partition coefficient (Wildman–Crippen LogP) is 1.78. The van der Waals surface area contributed by atoms with Crippen LogP contribution < -0.4 is 0 Å². The monoisotopic (exact) mass is 220 g/mol. The number of ether oxygens (including phenoxy) is 1. The van der Waals surface area contributed by atoms with Crippen molar-refractivity contribution >= 4 is 0 Å². The molecule has 4 unspecified atom stereocenters. The average Bonchev–Trinajstić information content (AvgIpc) is 3.10. The van der Waals surface area contributed by atoms with Gasteiger partial charge in [0.25, 0.3) is 0 Å². The second-order valence-electron chi connectivity index (χ2n) is 4.80. The molecule has 0 aromatic heterocycles. The highest BCUT2D eigenvalue weighted by Gasteiger charge is 2.78. The lowest BCUT2D eigenvalue weighted by Gasteiger charge is -2.37. The Morgan fingerprint density at radius 2 is 1.41 bits per heavy atom. The van der Waals surface area contributed by atoms with E-state index in [0.717, 1.165) is 0 Å². The van der Waals surface area contributed by atoms with E-state index in [1.807, 2.05) is 36.5 Å². The molecular weight excluding hydrogens is 212 g/mol. The third kappa shape index (κ3) is 0.703. The van der Waals surface area contributed by atoms with Crippen LogP contribution in [-0.2, 0) is 4.74 Å². The smallest absolute Gasteiger partial charge is 0.132 e. The summed E-state index contributed by atoms with van der Waals surface area (Å²) < 4.78 is 5.99. The first-order valence-electron chi connectivity index (χ1n) is 5.59. The highest BCUT2D eigenvalue weighted by Crippen LogP contribution is 2.69. The largest absolute Gasteiger partial charge is 0.352 e. The Bertz CT molecular complexity index is 586. The van der Waals surface area contributed by atoms with Gasteiger partial charge in [-0.25, -0.2) is 0 Å². The van der Waals surface area contributed by atoms with Gasteiger partial charge in [-0.15, -0.1) is 0 Å². The molecule has 5 rings (SSSR count). The van der Waals surface area contributed by atoms with E-state index >= 15 is 0 Å². The Morgan fingerprint density at radius 3 is 1.82 bits per heavy atom. The molecule has 17 heavy (non-hydrogen) atoms. The molecular formula is C14H8N2O. The van der Waals surface area contributed by atoms with Gasteiger partial charge in [0.2, 0.25) is 0 Å². The SMILES string of the molecule is N#CC1=C(C#N)C2C=CC1C13C=CC=CC21O3. The second-order valence-corrected chi connectivity index (χ2v) is 4.80. The van der Waals surface area contributed by atoms with Crippen molar-refractivity contribution in [3.8, 4) is 12.1 Å². The zero-order chi connectivity index (χ0) is 11.7. The zero-order valence-corrected chi connectivity index (χ0v) is 8.92. The molecule has 0 N–H and O–H groups in total. The molecule has 1 saturated heterocycles. The van der Waals surface area contributed by atoms with Crippen molar-refractivity contribution in [2.24, 2.45) is 11.8 Å². The van der Waals surface area contributed by atoms with E-state index in [0.29, 0.717) is 11.1 Å². The van der Waals surface area contributed by atoms with E-state index in [9.17, 15) is 10.5 Å². The minimum atomic E-state index is -0.396. The lowest BCUT2D eigenvalue weighted by Crippen LogP contribution is -2.45. The fraction of sp³-hybridized carbons (Fsp3) is 0.286. The highest BCUT2D eigenvalue weighted by atomic mass is 16.6. The van der Waals surface area contributed by atoms with Crippen molar-refractivity contribution in [1.29, 1.82) is 10.5 Å². The first kappa shape index (κ1) is 8.98. The lowest BCUT2D eigenvalue weighted by molar-refractivity contribution is 0.287. The minimum Gasteiger partial charge on any atom is -0.352 e. The molecule has 5 aliphatic rings. The van der Waals surface area contributed by atoms with E-state index in [2.05, 4.69) is 12.1 Å². The molecule has 1 fully saturated rings. The Morgan fingerprint density at radius 1 is 0.941 bits per heavy atom. The van der Waals surface area contributed by atoms with Crippen LogP contribution in [0.5, 0.6) is 0 Å². The number of nitrogens with zero attached hydrogens (tertiary/aromatic N) is 2. The van der Waals surface area contributed by atoms with Gasteiger partial charge in [0.1, 0.15) is 11.2 Å². The Balaban J connectivity index is 2.02. The van der Waals surface area contributed by atoms with Crippen LogP contribution in [0.15, 0.2) is 47.6 Å². The average molecular weight is 220 g/mol. The number of epoxide rings is 1. The van der Waals surface area contributed by atoms with Crippen molar-refractivity contribution in [3.63, 3.8) is 0 Å². The summed E-state index contributed by atoms with van der Waals surface area (Å²) in [5.41, 5.74) is 0.361. The maximum atomic E-state index is 9.25. The van der Waals surface area contributed by atoms with Gasteiger partial charge in [0.15, 0.2) is 0 Å². The molecule has 4 aliphatic carbocycles. The van der Waals surface area contributed by atoms with Crippen molar-refractivity contribution in [2.45, 2.75) is 11.2 Å². The molecule has 0 aromatic rings. The van der Waals surface area contributed by atoms with Gasteiger partial charge < -0.3 is 4.74 Å². The van der Waals surface area contributed by atoms with Crippen molar-refractivity contribution in [1.82, 2.24) is 0 Å². The van der Waals surface area contributed by atoms with E-state index in [-0.39, 0.29) is 11.8 Å².